The van der Waals surface area contributed by atoms with Crippen molar-refractivity contribution in [2.24, 2.45) is 0 Å². The van der Waals surface area contributed by atoms with E-state index in [4.69, 9.17) is 10.8 Å². The molecule has 1 aliphatic rings. The Balaban J connectivity index is 1.99. The zero-order chi connectivity index (χ0) is 13.9. The van der Waals surface area contributed by atoms with E-state index < -0.39 is 0 Å². The first-order valence-electron chi connectivity index (χ1n) is 6.94. The van der Waals surface area contributed by atoms with Gasteiger partial charge in [-0.1, -0.05) is 6.07 Å². The number of aromatic nitrogens is 4. The third-order valence-corrected chi connectivity index (χ3v) is 3.85. The number of aryl methyl sites for hydroxylation is 2. The van der Waals surface area contributed by atoms with Crippen LogP contribution in [-0.4, -0.2) is 20.0 Å². The molecule has 4 rings (SSSR count). The van der Waals surface area contributed by atoms with E-state index >= 15 is 0 Å². The Bertz CT molecular complexity index is 787. The number of rotatable bonds is 2. The molecular weight excluding hydrogens is 250 g/mol. The highest BCUT2D eigenvalue weighted by molar-refractivity contribution is 5.90. The number of hydrogen-bond acceptors (Lipinski definition) is 3. The van der Waals surface area contributed by atoms with Crippen molar-refractivity contribution in [3.05, 3.63) is 35.0 Å². The van der Waals surface area contributed by atoms with Gasteiger partial charge in [-0.15, -0.1) is 0 Å². The SMILES string of the molecule is Cc1cc(C)cc(-n2nc(C3CC3)c3c(N)[nH]nc32)c1. The molecule has 5 heteroatoms. The van der Waals surface area contributed by atoms with E-state index in [0.717, 1.165) is 22.4 Å². The number of aromatic amines is 1. The molecule has 1 saturated carbocycles. The van der Waals surface area contributed by atoms with Crippen molar-refractivity contribution in [3.8, 4) is 5.69 Å². The van der Waals surface area contributed by atoms with E-state index in [2.05, 4.69) is 42.2 Å². The fourth-order valence-corrected chi connectivity index (χ4v) is 2.85. The van der Waals surface area contributed by atoms with E-state index in [0.29, 0.717) is 11.7 Å². The fraction of sp³-hybridized carbons (Fsp3) is 0.333. The highest BCUT2D eigenvalue weighted by Gasteiger charge is 2.31. The van der Waals surface area contributed by atoms with Gasteiger partial charge >= 0.3 is 0 Å². The summed E-state index contributed by atoms with van der Waals surface area (Å²) in [6.45, 7) is 4.19. The highest BCUT2D eigenvalue weighted by atomic mass is 15.4. The van der Waals surface area contributed by atoms with E-state index in [1.165, 1.54) is 24.0 Å². The van der Waals surface area contributed by atoms with E-state index in [1.807, 2.05) is 4.68 Å². The lowest BCUT2D eigenvalue weighted by molar-refractivity contribution is 0.838. The third-order valence-electron chi connectivity index (χ3n) is 3.85. The summed E-state index contributed by atoms with van der Waals surface area (Å²) >= 11 is 0. The second-order valence-corrected chi connectivity index (χ2v) is 5.75. The quantitative estimate of drug-likeness (QED) is 0.750. The first kappa shape index (κ1) is 11.5. The molecule has 3 aromatic rings. The van der Waals surface area contributed by atoms with Crippen LogP contribution in [0, 0.1) is 13.8 Å². The van der Waals surface area contributed by atoms with Crippen molar-refractivity contribution in [3.63, 3.8) is 0 Å². The number of benzene rings is 1. The molecule has 102 valence electrons. The molecular formula is C15H17N5. The summed E-state index contributed by atoms with van der Waals surface area (Å²) in [5.41, 5.74) is 11.4. The van der Waals surface area contributed by atoms with Gasteiger partial charge in [0.05, 0.1) is 16.8 Å². The van der Waals surface area contributed by atoms with Gasteiger partial charge < -0.3 is 5.73 Å². The Hall–Kier alpha value is -2.30. The molecule has 5 nitrogen and oxygen atoms in total. The Labute approximate surface area is 116 Å². The molecule has 1 aromatic carbocycles. The fourth-order valence-electron chi connectivity index (χ4n) is 2.85. The van der Waals surface area contributed by atoms with E-state index in [-0.39, 0.29) is 0 Å². The van der Waals surface area contributed by atoms with Gasteiger partial charge in [-0.25, -0.2) is 4.68 Å². The maximum absolute atomic E-state index is 6.02. The van der Waals surface area contributed by atoms with Crippen molar-refractivity contribution in [1.82, 2.24) is 20.0 Å². The first-order chi connectivity index (χ1) is 9.63. The summed E-state index contributed by atoms with van der Waals surface area (Å²) in [4.78, 5) is 0. The van der Waals surface area contributed by atoms with Gasteiger partial charge in [-0.2, -0.15) is 10.2 Å². The Morgan fingerprint density at radius 3 is 2.55 bits per heavy atom. The average molecular weight is 267 g/mol. The minimum atomic E-state index is 0.546. The number of H-pyrrole nitrogens is 1. The monoisotopic (exact) mass is 267 g/mol. The van der Waals surface area contributed by atoms with Crippen molar-refractivity contribution < 1.29 is 0 Å². The molecule has 0 unspecified atom stereocenters. The van der Waals surface area contributed by atoms with Crippen LogP contribution in [0.4, 0.5) is 5.82 Å². The number of nitrogens with two attached hydrogens (primary N) is 1. The van der Waals surface area contributed by atoms with Crippen LogP contribution >= 0.6 is 0 Å². The summed E-state index contributed by atoms with van der Waals surface area (Å²) in [7, 11) is 0. The van der Waals surface area contributed by atoms with Crippen LogP contribution in [0.25, 0.3) is 16.7 Å². The standard InChI is InChI=1S/C15H17N5/c1-8-5-9(2)7-11(6-8)20-15-12(14(16)17-18-15)13(19-20)10-3-4-10/h5-7,10H,3-4H2,1-2H3,(H3,16,17,18). The predicted octanol–water partition coefficient (Wildman–Crippen LogP) is 2.83. The first-order valence-corrected chi connectivity index (χ1v) is 6.94. The minimum Gasteiger partial charge on any atom is -0.383 e. The summed E-state index contributed by atoms with van der Waals surface area (Å²) in [6, 6.07) is 6.41. The zero-order valence-corrected chi connectivity index (χ0v) is 11.6. The highest BCUT2D eigenvalue weighted by Crippen LogP contribution is 2.43. The van der Waals surface area contributed by atoms with Gasteiger partial charge in [-0.3, -0.25) is 5.10 Å². The molecule has 0 saturated heterocycles. The average Bonchev–Trinajstić information content (AvgIpc) is 3.05. The summed E-state index contributed by atoms with van der Waals surface area (Å²) < 4.78 is 1.91. The number of nitrogens with one attached hydrogen (secondary N) is 1. The largest absolute Gasteiger partial charge is 0.383 e. The molecule has 0 amide bonds. The predicted molar refractivity (Wildman–Crippen MR) is 79.1 cm³/mol. The smallest absolute Gasteiger partial charge is 0.186 e. The second kappa shape index (κ2) is 3.85. The zero-order valence-electron chi connectivity index (χ0n) is 11.6. The number of nitrogens with zero attached hydrogens (tertiary/aromatic N) is 3. The van der Waals surface area contributed by atoms with Crippen LogP contribution in [0.3, 0.4) is 0 Å². The van der Waals surface area contributed by atoms with Gasteiger partial charge in [0.15, 0.2) is 5.65 Å². The van der Waals surface area contributed by atoms with Crippen LogP contribution in [0.15, 0.2) is 18.2 Å². The molecule has 1 fully saturated rings. The van der Waals surface area contributed by atoms with Gasteiger partial charge in [0, 0.05) is 5.92 Å². The molecule has 0 spiro atoms. The van der Waals surface area contributed by atoms with Crippen LogP contribution in [0.1, 0.15) is 35.6 Å². The van der Waals surface area contributed by atoms with Crippen LogP contribution in [0.5, 0.6) is 0 Å². The van der Waals surface area contributed by atoms with Crippen molar-refractivity contribution in [1.29, 1.82) is 0 Å². The van der Waals surface area contributed by atoms with E-state index in [1.54, 1.807) is 0 Å². The lowest BCUT2D eigenvalue weighted by Crippen LogP contribution is -1.99. The number of anilines is 1. The van der Waals surface area contributed by atoms with Crippen LogP contribution in [-0.2, 0) is 0 Å². The van der Waals surface area contributed by atoms with Gasteiger partial charge in [0.1, 0.15) is 5.82 Å². The van der Waals surface area contributed by atoms with Crippen LogP contribution < -0.4 is 5.73 Å². The van der Waals surface area contributed by atoms with Crippen molar-refractivity contribution >= 4 is 16.9 Å². The molecule has 2 heterocycles. The van der Waals surface area contributed by atoms with Gasteiger partial charge in [-0.05, 0) is 49.9 Å². The topological polar surface area (TPSA) is 72.5 Å². The van der Waals surface area contributed by atoms with Gasteiger partial charge in [0.2, 0.25) is 0 Å². The molecule has 0 aliphatic heterocycles. The minimum absolute atomic E-state index is 0.546. The summed E-state index contributed by atoms with van der Waals surface area (Å²) in [5.74, 6) is 1.17. The number of hydrogen-bond donors (Lipinski definition) is 2. The molecule has 2 aromatic heterocycles. The molecule has 3 N–H and O–H groups in total. The molecule has 1 aliphatic carbocycles. The maximum Gasteiger partial charge on any atom is 0.186 e. The van der Waals surface area contributed by atoms with Crippen molar-refractivity contribution in [2.45, 2.75) is 32.6 Å². The molecule has 0 radical (unpaired) electrons. The Morgan fingerprint density at radius 2 is 1.90 bits per heavy atom. The number of nitrogen functional groups attached to an aromatic ring is 1. The lowest BCUT2D eigenvalue weighted by atomic mass is 10.1. The molecule has 0 atom stereocenters. The normalized spacial score (nSPS) is 15.1. The third kappa shape index (κ3) is 1.62. The Kier molecular flexibility index (Phi) is 2.22. The second-order valence-electron chi connectivity index (χ2n) is 5.75. The summed E-state index contributed by atoms with van der Waals surface area (Å²) in [6.07, 6.45) is 2.40. The van der Waals surface area contributed by atoms with Crippen LogP contribution in [0.2, 0.25) is 0 Å². The summed E-state index contributed by atoms with van der Waals surface area (Å²) in [5, 5.41) is 13.0. The molecule has 0 bridgehead atoms. The molecule has 20 heavy (non-hydrogen) atoms. The maximum atomic E-state index is 6.02. The lowest BCUT2D eigenvalue weighted by Gasteiger charge is -2.05. The van der Waals surface area contributed by atoms with Gasteiger partial charge in [0.25, 0.3) is 0 Å². The van der Waals surface area contributed by atoms with Crippen molar-refractivity contribution in [2.75, 3.05) is 5.73 Å². The number of fused-ring (bicyclic) bond motifs is 1. The Morgan fingerprint density at radius 1 is 1.20 bits per heavy atom. The van der Waals surface area contributed by atoms with E-state index in [9.17, 15) is 0 Å².